The maximum Gasteiger partial charge on any atom is 0.304 e. The van der Waals surface area contributed by atoms with Crippen LogP contribution >= 0.6 is 11.6 Å². The number of carbonyl (C=O) groups is 1. The zero-order valence-corrected chi connectivity index (χ0v) is 8.29. The lowest BCUT2D eigenvalue weighted by atomic mass is 10.0. The van der Waals surface area contributed by atoms with Gasteiger partial charge in [0.25, 0.3) is 0 Å². The highest BCUT2D eigenvalue weighted by Crippen LogP contribution is 2.34. The Morgan fingerprint density at radius 1 is 1.71 bits per heavy atom. The van der Waals surface area contributed by atoms with Crippen molar-refractivity contribution in [3.63, 3.8) is 0 Å². The summed E-state index contributed by atoms with van der Waals surface area (Å²) < 4.78 is 0. The van der Waals surface area contributed by atoms with E-state index in [1.165, 1.54) is 0 Å². The molecule has 0 aromatic carbocycles. The van der Waals surface area contributed by atoms with Crippen LogP contribution in [-0.2, 0) is 11.2 Å². The number of aryl methyl sites for hydroxylation is 1. The van der Waals surface area contributed by atoms with Gasteiger partial charge in [-0.25, -0.2) is 0 Å². The Bertz CT molecular complexity index is 378. The summed E-state index contributed by atoms with van der Waals surface area (Å²) in [5.74, 6) is -0.695. The maximum atomic E-state index is 10.6. The van der Waals surface area contributed by atoms with Crippen LogP contribution in [0.3, 0.4) is 0 Å². The standard InChI is InChI=1S/C10H10ClNO2/c11-8-3-6-1-2-7(4-9(13)14)10(6)12-5-8/h3,5,7H,1-2,4H2,(H,13,14)/t7-/m1/s1. The first kappa shape index (κ1) is 9.46. The van der Waals surface area contributed by atoms with Crippen molar-refractivity contribution in [2.75, 3.05) is 0 Å². The lowest BCUT2D eigenvalue weighted by molar-refractivity contribution is -0.137. The topological polar surface area (TPSA) is 50.2 Å². The van der Waals surface area contributed by atoms with Crippen LogP contribution in [0, 0.1) is 0 Å². The predicted molar refractivity (Wildman–Crippen MR) is 52.6 cm³/mol. The number of aliphatic carboxylic acids is 1. The molecule has 0 radical (unpaired) electrons. The minimum absolute atomic E-state index is 0.0692. The average molecular weight is 212 g/mol. The molecule has 0 aliphatic heterocycles. The van der Waals surface area contributed by atoms with E-state index in [4.69, 9.17) is 16.7 Å². The van der Waals surface area contributed by atoms with E-state index in [1.54, 1.807) is 6.20 Å². The fraction of sp³-hybridized carbons (Fsp3) is 0.400. The van der Waals surface area contributed by atoms with Gasteiger partial charge in [0.1, 0.15) is 0 Å². The Morgan fingerprint density at radius 2 is 2.50 bits per heavy atom. The van der Waals surface area contributed by atoms with Gasteiger partial charge in [0.05, 0.1) is 11.4 Å². The Morgan fingerprint density at radius 3 is 3.21 bits per heavy atom. The molecule has 1 aromatic heterocycles. The molecule has 1 aromatic rings. The second kappa shape index (κ2) is 3.58. The van der Waals surface area contributed by atoms with Gasteiger partial charge in [-0.2, -0.15) is 0 Å². The van der Waals surface area contributed by atoms with Gasteiger partial charge in [-0.3, -0.25) is 9.78 Å². The Balaban J connectivity index is 2.26. The van der Waals surface area contributed by atoms with Crippen LogP contribution in [0.15, 0.2) is 12.3 Å². The van der Waals surface area contributed by atoms with Crippen molar-refractivity contribution in [1.29, 1.82) is 0 Å². The van der Waals surface area contributed by atoms with E-state index in [0.29, 0.717) is 5.02 Å². The average Bonchev–Trinajstić information content (AvgIpc) is 2.47. The van der Waals surface area contributed by atoms with Gasteiger partial charge in [0.2, 0.25) is 0 Å². The molecule has 2 rings (SSSR count). The van der Waals surface area contributed by atoms with Gasteiger partial charge in [-0.15, -0.1) is 0 Å². The number of hydrogen-bond acceptors (Lipinski definition) is 2. The number of rotatable bonds is 2. The number of carboxylic acids is 1. The molecule has 0 spiro atoms. The van der Waals surface area contributed by atoms with Gasteiger partial charge < -0.3 is 5.11 Å². The first-order chi connectivity index (χ1) is 6.66. The van der Waals surface area contributed by atoms with Crippen molar-refractivity contribution < 1.29 is 9.90 Å². The zero-order valence-electron chi connectivity index (χ0n) is 7.53. The Hall–Kier alpha value is -1.09. The highest BCUT2D eigenvalue weighted by Gasteiger charge is 2.25. The molecule has 0 amide bonds. The zero-order chi connectivity index (χ0) is 10.1. The minimum atomic E-state index is -0.764. The molecule has 4 heteroatoms. The SMILES string of the molecule is O=C(O)C[C@H]1CCc2cc(Cl)cnc21. The molecule has 1 aliphatic rings. The van der Waals surface area contributed by atoms with E-state index in [9.17, 15) is 4.79 Å². The molecule has 1 heterocycles. The number of pyridine rings is 1. The number of halogens is 1. The molecular formula is C10H10ClNO2. The highest BCUT2D eigenvalue weighted by atomic mass is 35.5. The predicted octanol–water partition coefficient (Wildman–Crippen LogP) is 2.24. The van der Waals surface area contributed by atoms with Crippen molar-refractivity contribution in [3.05, 3.63) is 28.5 Å². The summed E-state index contributed by atoms with van der Waals surface area (Å²) in [6.07, 6.45) is 3.51. The van der Waals surface area contributed by atoms with E-state index in [2.05, 4.69) is 4.98 Å². The van der Waals surface area contributed by atoms with E-state index < -0.39 is 5.97 Å². The molecule has 0 saturated carbocycles. The van der Waals surface area contributed by atoms with E-state index >= 15 is 0 Å². The second-order valence-electron chi connectivity index (χ2n) is 3.53. The fourth-order valence-electron chi connectivity index (χ4n) is 1.94. The van der Waals surface area contributed by atoms with Crippen LogP contribution in [0.25, 0.3) is 0 Å². The van der Waals surface area contributed by atoms with Crippen LogP contribution in [0.5, 0.6) is 0 Å². The van der Waals surface area contributed by atoms with E-state index in [1.807, 2.05) is 6.07 Å². The smallest absolute Gasteiger partial charge is 0.304 e. The summed E-state index contributed by atoms with van der Waals surface area (Å²) >= 11 is 5.80. The summed E-state index contributed by atoms with van der Waals surface area (Å²) in [4.78, 5) is 14.8. The third-order valence-electron chi connectivity index (χ3n) is 2.54. The van der Waals surface area contributed by atoms with Gasteiger partial charge in [0, 0.05) is 17.8 Å². The number of fused-ring (bicyclic) bond motifs is 1. The first-order valence-corrected chi connectivity index (χ1v) is 4.90. The molecule has 1 aliphatic carbocycles. The molecule has 14 heavy (non-hydrogen) atoms. The number of carboxylic acid groups (broad SMARTS) is 1. The van der Waals surface area contributed by atoms with Crippen molar-refractivity contribution in [1.82, 2.24) is 4.98 Å². The van der Waals surface area contributed by atoms with Crippen molar-refractivity contribution in [2.24, 2.45) is 0 Å². The van der Waals surface area contributed by atoms with Crippen molar-refractivity contribution in [2.45, 2.75) is 25.2 Å². The molecule has 1 atom stereocenters. The van der Waals surface area contributed by atoms with E-state index in [-0.39, 0.29) is 12.3 Å². The molecular weight excluding hydrogens is 202 g/mol. The molecule has 74 valence electrons. The molecule has 0 saturated heterocycles. The summed E-state index contributed by atoms with van der Waals surface area (Å²) in [5.41, 5.74) is 2.01. The van der Waals surface area contributed by atoms with Crippen LogP contribution in [0.1, 0.15) is 30.0 Å². The van der Waals surface area contributed by atoms with Crippen LogP contribution in [-0.4, -0.2) is 16.1 Å². The number of hydrogen-bond donors (Lipinski definition) is 1. The van der Waals surface area contributed by atoms with E-state index in [0.717, 1.165) is 24.1 Å². The Labute approximate surface area is 86.7 Å². The van der Waals surface area contributed by atoms with Gasteiger partial charge >= 0.3 is 5.97 Å². The highest BCUT2D eigenvalue weighted by molar-refractivity contribution is 6.30. The van der Waals surface area contributed by atoms with Crippen LogP contribution in [0.4, 0.5) is 0 Å². The number of nitrogens with zero attached hydrogens (tertiary/aromatic N) is 1. The molecule has 0 bridgehead atoms. The van der Waals surface area contributed by atoms with Crippen molar-refractivity contribution >= 4 is 17.6 Å². The molecule has 1 N–H and O–H groups in total. The van der Waals surface area contributed by atoms with Gasteiger partial charge in [-0.05, 0) is 24.5 Å². The minimum Gasteiger partial charge on any atom is -0.481 e. The molecule has 0 unspecified atom stereocenters. The first-order valence-electron chi connectivity index (χ1n) is 4.53. The van der Waals surface area contributed by atoms with Crippen LogP contribution in [0.2, 0.25) is 5.02 Å². The lowest BCUT2D eigenvalue weighted by Gasteiger charge is -2.06. The molecule has 3 nitrogen and oxygen atoms in total. The summed E-state index contributed by atoms with van der Waals surface area (Å²) in [6.45, 7) is 0. The largest absolute Gasteiger partial charge is 0.481 e. The Kier molecular flexibility index (Phi) is 2.42. The van der Waals surface area contributed by atoms with Crippen LogP contribution < -0.4 is 0 Å². The fourth-order valence-corrected chi connectivity index (χ4v) is 2.12. The molecule has 0 fully saturated rings. The normalized spacial score (nSPS) is 19.4. The van der Waals surface area contributed by atoms with Gasteiger partial charge in [0.15, 0.2) is 0 Å². The third kappa shape index (κ3) is 1.73. The monoisotopic (exact) mass is 211 g/mol. The summed E-state index contributed by atoms with van der Waals surface area (Å²) in [5, 5.41) is 9.32. The quantitative estimate of drug-likeness (QED) is 0.816. The second-order valence-corrected chi connectivity index (χ2v) is 3.97. The maximum absolute atomic E-state index is 10.6. The number of aromatic nitrogens is 1. The lowest BCUT2D eigenvalue weighted by Crippen LogP contribution is -2.04. The van der Waals surface area contributed by atoms with Gasteiger partial charge in [-0.1, -0.05) is 11.6 Å². The summed E-state index contributed by atoms with van der Waals surface area (Å²) in [7, 11) is 0. The summed E-state index contributed by atoms with van der Waals surface area (Å²) in [6, 6.07) is 1.88. The third-order valence-corrected chi connectivity index (χ3v) is 2.74. The van der Waals surface area contributed by atoms with Crippen molar-refractivity contribution in [3.8, 4) is 0 Å².